The van der Waals surface area contributed by atoms with Crippen LogP contribution >= 0.6 is 34.5 Å². The van der Waals surface area contributed by atoms with Crippen molar-refractivity contribution in [2.24, 2.45) is 0 Å². The fraction of sp³-hybridized carbons (Fsp3) is 0.200. The third-order valence-corrected chi connectivity index (χ3v) is 4.47. The van der Waals surface area contributed by atoms with E-state index in [0.29, 0.717) is 27.1 Å². The summed E-state index contributed by atoms with van der Waals surface area (Å²) in [6.45, 7) is 3.83. The van der Waals surface area contributed by atoms with Crippen molar-refractivity contribution in [3.63, 3.8) is 0 Å². The first kappa shape index (κ1) is 16.8. The number of ether oxygens (including phenoxy) is 1. The van der Waals surface area contributed by atoms with E-state index in [1.807, 2.05) is 0 Å². The first-order valence-corrected chi connectivity index (χ1v) is 8.03. The van der Waals surface area contributed by atoms with Crippen molar-refractivity contribution in [2.45, 2.75) is 13.8 Å². The fourth-order valence-electron chi connectivity index (χ4n) is 1.80. The van der Waals surface area contributed by atoms with Crippen molar-refractivity contribution < 1.29 is 14.3 Å². The van der Waals surface area contributed by atoms with Crippen LogP contribution in [0.25, 0.3) is 0 Å². The van der Waals surface area contributed by atoms with E-state index in [1.54, 1.807) is 32.0 Å². The van der Waals surface area contributed by atoms with E-state index in [2.05, 4.69) is 5.32 Å². The minimum Gasteiger partial charge on any atom is -0.462 e. The van der Waals surface area contributed by atoms with E-state index in [-0.39, 0.29) is 10.9 Å². The molecule has 1 N–H and O–H groups in total. The number of halogens is 2. The van der Waals surface area contributed by atoms with Crippen LogP contribution in [0.3, 0.4) is 0 Å². The predicted molar refractivity (Wildman–Crippen MR) is 89.4 cm³/mol. The Morgan fingerprint density at radius 1 is 1.27 bits per heavy atom. The smallest absolute Gasteiger partial charge is 0.348 e. The molecule has 0 aliphatic rings. The Kier molecular flexibility index (Phi) is 5.45. The number of hydrogen-bond acceptors (Lipinski definition) is 4. The highest BCUT2D eigenvalue weighted by atomic mass is 35.5. The number of nitrogens with one attached hydrogen (secondary N) is 1. The highest BCUT2D eigenvalue weighted by Gasteiger charge is 2.17. The summed E-state index contributed by atoms with van der Waals surface area (Å²) >= 11 is 13.0. The molecule has 1 amide bonds. The lowest BCUT2D eigenvalue weighted by molar-refractivity contribution is 0.0531. The molecule has 116 valence electrons. The lowest BCUT2D eigenvalue weighted by Gasteiger charge is -2.05. The maximum atomic E-state index is 12.2. The molecule has 0 saturated carbocycles. The minimum atomic E-state index is -0.393. The monoisotopic (exact) mass is 357 g/mol. The second kappa shape index (κ2) is 7.13. The molecule has 0 saturated heterocycles. The molecule has 0 aliphatic heterocycles. The van der Waals surface area contributed by atoms with E-state index >= 15 is 0 Å². The maximum Gasteiger partial charge on any atom is 0.348 e. The van der Waals surface area contributed by atoms with Gasteiger partial charge >= 0.3 is 5.97 Å². The Labute approximate surface area is 142 Å². The highest BCUT2D eigenvalue weighted by Crippen LogP contribution is 2.29. The van der Waals surface area contributed by atoms with E-state index in [4.69, 9.17) is 27.9 Å². The summed E-state index contributed by atoms with van der Waals surface area (Å²) in [6.07, 6.45) is 0. The summed E-state index contributed by atoms with van der Waals surface area (Å²) in [5.41, 5.74) is 1.07. The van der Waals surface area contributed by atoms with Crippen LogP contribution < -0.4 is 5.32 Å². The predicted octanol–water partition coefficient (Wildman–Crippen LogP) is 4.79. The normalized spacial score (nSPS) is 10.4. The van der Waals surface area contributed by atoms with Gasteiger partial charge in [-0.05, 0) is 43.7 Å². The van der Waals surface area contributed by atoms with Crippen molar-refractivity contribution >= 4 is 51.4 Å². The largest absolute Gasteiger partial charge is 0.462 e. The van der Waals surface area contributed by atoms with Crippen LogP contribution in [0.5, 0.6) is 0 Å². The van der Waals surface area contributed by atoms with E-state index in [0.717, 1.165) is 16.9 Å². The SMILES string of the molecule is CCOC(=O)c1sc(NC(=O)c2ccc(Cl)cc2Cl)cc1C. The van der Waals surface area contributed by atoms with Gasteiger partial charge in [0, 0.05) is 5.02 Å². The number of aryl methyl sites for hydroxylation is 1. The van der Waals surface area contributed by atoms with E-state index in [9.17, 15) is 9.59 Å². The molecule has 1 aromatic carbocycles. The van der Waals surface area contributed by atoms with Crippen LogP contribution in [0, 0.1) is 6.92 Å². The molecule has 7 heteroatoms. The fourth-order valence-corrected chi connectivity index (χ4v) is 3.25. The molecule has 1 aromatic heterocycles. The number of thiophene rings is 1. The zero-order valence-electron chi connectivity index (χ0n) is 11.9. The lowest BCUT2D eigenvalue weighted by Crippen LogP contribution is -2.11. The van der Waals surface area contributed by atoms with Crippen molar-refractivity contribution in [1.29, 1.82) is 0 Å². The average Bonchev–Trinajstić information content (AvgIpc) is 2.79. The highest BCUT2D eigenvalue weighted by molar-refractivity contribution is 7.18. The van der Waals surface area contributed by atoms with Crippen LogP contribution in [0.4, 0.5) is 5.00 Å². The van der Waals surface area contributed by atoms with Gasteiger partial charge in [-0.15, -0.1) is 11.3 Å². The van der Waals surface area contributed by atoms with Crippen molar-refractivity contribution in [3.05, 3.63) is 50.3 Å². The third-order valence-electron chi connectivity index (χ3n) is 2.79. The Morgan fingerprint density at radius 2 is 2.00 bits per heavy atom. The molecule has 0 radical (unpaired) electrons. The number of esters is 1. The van der Waals surface area contributed by atoms with Gasteiger partial charge in [0.05, 0.1) is 22.2 Å². The van der Waals surface area contributed by atoms with Crippen LogP contribution in [0.2, 0.25) is 10.0 Å². The molecular weight excluding hydrogens is 345 g/mol. The molecular formula is C15H13Cl2NO3S. The summed E-state index contributed by atoms with van der Waals surface area (Å²) < 4.78 is 4.97. The van der Waals surface area contributed by atoms with Gasteiger partial charge in [-0.3, -0.25) is 4.79 Å². The standard InChI is InChI=1S/C15H13Cl2NO3S/c1-3-21-15(20)13-8(2)6-12(22-13)18-14(19)10-5-4-9(16)7-11(10)17/h4-7H,3H2,1-2H3,(H,18,19). The van der Waals surface area contributed by atoms with E-state index in [1.165, 1.54) is 6.07 Å². The van der Waals surface area contributed by atoms with Crippen LogP contribution in [-0.2, 0) is 4.74 Å². The van der Waals surface area contributed by atoms with E-state index < -0.39 is 5.97 Å². The summed E-state index contributed by atoms with van der Waals surface area (Å²) in [5, 5.41) is 4.00. The molecule has 4 nitrogen and oxygen atoms in total. The molecule has 0 aliphatic carbocycles. The minimum absolute atomic E-state index is 0.267. The van der Waals surface area contributed by atoms with Gasteiger partial charge in [-0.2, -0.15) is 0 Å². The van der Waals surface area contributed by atoms with Crippen molar-refractivity contribution in [2.75, 3.05) is 11.9 Å². The van der Waals surface area contributed by atoms with Gasteiger partial charge in [0.15, 0.2) is 0 Å². The molecule has 22 heavy (non-hydrogen) atoms. The molecule has 0 fully saturated rings. The van der Waals surface area contributed by atoms with Gasteiger partial charge in [0.25, 0.3) is 5.91 Å². The van der Waals surface area contributed by atoms with Crippen molar-refractivity contribution in [3.8, 4) is 0 Å². The number of benzene rings is 1. The van der Waals surface area contributed by atoms with Crippen LogP contribution in [0.15, 0.2) is 24.3 Å². The Balaban J connectivity index is 2.18. The molecule has 1 heterocycles. The molecule has 2 aromatic rings. The summed E-state index contributed by atoms with van der Waals surface area (Å²) in [7, 11) is 0. The van der Waals surface area contributed by atoms with Gasteiger partial charge in [0.1, 0.15) is 4.88 Å². The summed E-state index contributed by atoms with van der Waals surface area (Å²) in [5.74, 6) is -0.756. The summed E-state index contributed by atoms with van der Waals surface area (Å²) in [4.78, 5) is 24.5. The molecule has 2 rings (SSSR count). The molecule has 0 bridgehead atoms. The van der Waals surface area contributed by atoms with Gasteiger partial charge < -0.3 is 10.1 Å². The first-order chi connectivity index (χ1) is 10.4. The number of anilines is 1. The zero-order valence-corrected chi connectivity index (χ0v) is 14.2. The van der Waals surface area contributed by atoms with Crippen LogP contribution in [-0.4, -0.2) is 18.5 Å². The van der Waals surface area contributed by atoms with Crippen molar-refractivity contribution in [1.82, 2.24) is 0 Å². The Morgan fingerprint density at radius 3 is 2.64 bits per heavy atom. The van der Waals surface area contributed by atoms with Crippen LogP contribution in [0.1, 0.15) is 32.5 Å². The van der Waals surface area contributed by atoms with Gasteiger partial charge in [0.2, 0.25) is 0 Å². The first-order valence-electron chi connectivity index (χ1n) is 6.46. The third kappa shape index (κ3) is 3.80. The van der Waals surface area contributed by atoms with Gasteiger partial charge in [-0.25, -0.2) is 4.79 Å². The Bertz CT molecular complexity index is 728. The topological polar surface area (TPSA) is 55.4 Å². The van der Waals surface area contributed by atoms with Gasteiger partial charge in [-0.1, -0.05) is 23.2 Å². The number of hydrogen-bond donors (Lipinski definition) is 1. The maximum absolute atomic E-state index is 12.2. The lowest BCUT2D eigenvalue weighted by atomic mass is 10.2. The number of amides is 1. The molecule has 0 spiro atoms. The zero-order chi connectivity index (χ0) is 16.3. The Hall–Kier alpha value is -1.56. The molecule has 0 atom stereocenters. The average molecular weight is 358 g/mol. The second-order valence-electron chi connectivity index (χ2n) is 4.42. The number of rotatable bonds is 4. The second-order valence-corrected chi connectivity index (χ2v) is 6.32. The summed E-state index contributed by atoms with van der Waals surface area (Å²) in [6, 6.07) is 6.36. The number of carbonyl (C=O) groups excluding carboxylic acids is 2. The number of carbonyl (C=O) groups is 2. The quantitative estimate of drug-likeness (QED) is 0.800. The molecule has 0 unspecified atom stereocenters.